The van der Waals surface area contributed by atoms with Gasteiger partial charge in [0.2, 0.25) is 0 Å². The number of hydrazone groups is 1. The molecule has 0 bridgehead atoms. The first-order valence-corrected chi connectivity index (χ1v) is 6.33. The number of nitrogens with zero attached hydrogens (tertiary/aromatic N) is 1. The maximum absolute atomic E-state index is 12.0. The third kappa shape index (κ3) is 4.24. The maximum atomic E-state index is 12.0. The summed E-state index contributed by atoms with van der Waals surface area (Å²) in [5.41, 5.74) is 1.51. The fraction of sp³-hybridized carbons (Fsp3) is 0.750. The second-order valence-corrected chi connectivity index (χ2v) is 5.59. The van der Waals surface area contributed by atoms with Crippen molar-refractivity contribution in [3.63, 3.8) is 0 Å². The molecule has 0 spiro atoms. The van der Waals surface area contributed by atoms with Crippen LogP contribution in [-0.4, -0.2) is 37.3 Å². The van der Waals surface area contributed by atoms with Crippen LogP contribution in [0, 0.1) is 0 Å². The van der Waals surface area contributed by atoms with E-state index in [4.69, 9.17) is 9.31 Å². The number of halogens is 3. The molecule has 1 saturated heterocycles. The van der Waals surface area contributed by atoms with Crippen LogP contribution in [0.15, 0.2) is 16.6 Å². The Morgan fingerprint density at radius 1 is 1.20 bits per heavy atom. The predicted molar refractivity (Wildman–Crippen MR) is 72.4 cm³/mol. The van der Waals surface area contributed by atoms with Gasteiger partial charge in [-0.3, -0.25) is 0 Å². The highest BCUT2D eigenvalue weighted by atomic mass is 19.4. The van der Waals surface area contributed by atoms with E-state index in [1.165, 1.54) is 6.21 Å². The van der Waals surface area contributed by atoms with Gasteiger partial charge in [-0.25, -0.2) is 0 Å². The van der Waals surface area contributed by atoms with E-state index >= 15 is 0 Å². The molecule has 0 amide bonds. The quantitative estimate of drug-likeness (QED) is 0.492. The number of alkyl halides is 3. The summed E-state index contributed by atoms with van der Waals surface area (Å²) in [6.07, 6.45) is -1.31. The van der Waals surface area contributed by atoms with Crippen LogP contribution in [0.5, 0.6) is 0 Å². The van der Waals surface area contributed by atoms with Crippen LogP contribution in [-0.2, 0) is 9.31 Å². The second-order valence-electron chi connectivity index (χ2n) is 5.59. The fourth-order valence-corrected chi connectivity index (χ4v) is 1.51. The van der Waals surface area contributed by atoms with Crippen LogP contribution in [0.3, 0.4) is 0 Å². The van der Waals surface area contributed by atoms with E-state index in [9.17, 15) is 13.2 Å². The van der Waals surface area contributed by atoms with Crippen LogP contribution in [0.1, 0.15) is 34.6 Å². The standard InChI is InChI=1S/C12H20BF3N2O2/c1-6-9(7-17-18-8-12(14,15)16)13-19-10(2,3)11(4,5)20-13/h6-7,18H,8H2,1-5H3/b9-6+,17-7-. The fourth-order valence-electron chi connectivity index (χ4n) is 1.51. The molecule has 0 aromatic carbocycles. The Hall–Kier alpha value is -1.02. The predicted octanol–water partition coefficient (Wildman–Crippen LogP) is 2.70. The molecule has 1 heterocycles. The van der Waals surface area contributed by atoms with Gasteiger partial charge in [-0.1, -0.05) is 6.08 Å². The first-order chi connectivity index (χ1) is 8.98. The molecule has 114 valence electrons. The van der Waals surface area contributed by atoms with Crippen LogP contribution < -0.4 is 5.43 Å². The summed E-state index contributed by atoms with van der Waals surface area (Å²) in [7, 11) is -0.638. The average Bonchev–Trinajstić information content (AvgIpc) is 2.46. The zero-order chi connectivity index (χ0) is 15.6. The second kappa shape index (κ2) is 5.77. The van der Waals surface area contributed by atoms with Gasteiger partial charge in [0.1, 0.15) is 6.54 Å². The summed E-state index contributed by atoms with van der Waals surface area (Å²) in [5.74, 6) is 0. The Kier molecular flexibility index (Phi) is 4.92. The van der Waals surface area contributed by atoms with E-state index in [2.05, 4.69) is 5.10 Å². The van der Waals surface area contributed by atoms with Crippen molar-refractivity contribution in [2.24, 2.45) is 5.10 Å². The van der Waals surface area contributed by atoms with Gasteiger partial charge < -0.3 is 14.7 Å². The van der Waals surface area contributed by atoms with Gasteiger partial charge in [-0.2, -0.15) is 18.3 Å². The molecule has 4 nitrogen and oxygen atoms in total. The summed E-state index contributed by atoms with van der Waals surface area (Å²) in [4.78, 5) is 0. The molecule has 0 saturated carbocycles. The lowest BCUT2D eigenvalue weighted by Gasteiger charge is -2.32. The van der Waals surface area contributed by atoms with Gasteiger partial charge >= 0.3 is 13.3 Å². The van der Waals surface area contributed by atoms with Gasteiger partial charge in [0.15, 0.2) is 0 Å². The molecule has 0 atom stereocenters. The molecule has 1 N–H and O–H groups in total. The summed E-state index contributed by atoms with van der Waals surface area (Å²) >= 11 is 0. The highest BCUT2D eigenvalue weighted by molar-refractivity contribution is 6.60. The number of allylic oxidation sites excluding steroid dienone is 2. The molecule has 1 aliphatic rings. The van der Waals surface area contributed by atoms with Crippen LogP contribution >= 0.6 is 0 Å². The van der Waals surface area contributed by atoms with Gasteiger partial charge in [0, 0.05) is 6.21 Å². The Balaban J connectivity index is 2.64. The number of hydrogen-bond acceptors (Lipinski definition) is 4. The summed E-state index contributed by atoms with van der Waals surface area (Å²) in [5, 5.41) is 3.54. The van der Waals surface area contributed by atoms with Crippen molar-refractivity contribution in [3.05, 3.63) is 11.5 Å². The lowest BCUT2D eigenvalue weighted by atomic mass is 9.79. The van der Waals surface area contributed by atoms with E-state index in [-0.39, 0.29) is 0 Å². The topological polar surface area (TPSA) is 42.9 Å². The highest BCUT2D eigenvalue weighted by Gasteiger charge is 2.52. The monoisotopic (exact) mass is 292 g/mol. The van der Waals surface area contributed by atoms with E-state index < -0.39 is 31.0 Å². The van der Waals surface area contributed by atoms with Crippen molar-refractivity contribution < 1.29 is 22.5 Å². The highest BCUT2D eigenvalue weighted by Crippen LogP contribution is 2.38. The minimum atomic E-state index is -4.29. The lowest BCUT2D eigenvalue weighted by Crippen LogP contribution is -2.41. The smallest absolute Gasteiger partial charge is 0.399 e. The molecule has 0 aromatic heterocycles. The van der Waals surface area contributed by atoms with Crippen molar-refractivity contribution in [3.8, 4) is 0 Å². The molecule has 8 heteroatoms. The van der Waals surface area contributed by atoms with Crippen LogP contribution in [0.25, 0.3) is 0 Å². The van der Waals surface area contributed by atoms with E-state index in [0.29, 0.717) is 5.47 Å². The molecule has 0 radical (unpaired) electrons. The largest absolute Gasteiger partial charge is 0.496 e. The Labute approximate surface area is 117 Å². The maximum Gasteiger partial charge on any atom is 0.496 e. The SMILES string of the molecule is C/C=C(\C=N/NCC(F)(F)F)B1OC(C)(C)C(C)(C)O1. The van der Waals surface area contributed by atoms with Crippen LogP contribution in [0.4, 0.5) is 13.2 Å². The lowest BCUT2D eigenvalue weighted by molar-refractivity contribution is -0.124. The van der Waals surface area contributed by atoms with E-state index in [1.54, 1.807) is 13.0 Å². The molecule has 1 fully saturated rings. The summed E-state index contributed by atoms with van der Waals surface area (Å²) in [6, 6.07) is 0. The molecule has 0 aliphatic carbocycles. The van der Waals surface area contributed by atoms with Crippen molar-refractivity contribution in [1.29, 1.82) is 0 Å². The van der Waals surface area contributed by atoms with Crippen LogP contribution in [0.2, 0.25) is 0 Å². The first kappa shape index (κ1) is 17.0. The van der Waals surface area contributed by atoms with Gasteiger partial charge in [-0.15, -0.1) is 0 Å². The van der Waals surface area contributed by atoms with Crippen molar-refractivity contribution in [2.75, 3.05) is 6.54 Å². The minimum absolute atomic E-state index is 0.501. The molecule has 0 unspecified atom stereocenters. The van der Waals surface area contributed by atoms with Crippen molar-refractivity contribution >= 4 is 13.3 Å². The number of nitrogens with one attached hydrogen (secondary N) is 1. The zero-order valence-electron chi connectivity index (χ0n) is 12.3. The molecule has 1 aliphatic heterocycles. The Bertz CT molecular complexity index is 390. The minimum Gasteiger partial charge on any atom is -0.399 e. The molecular weight excluding hydrogens is 272 g/mol. The Morgan fingerprint density at radius 2 is 1.70 bits per heavy atom. The molecule has 1 rings (SSSR count). The zero-order valence-corrected chi connectivity index (χ0v) is 12.3. The van der Waals surface area contributed by atoms with Crippen molar-refractivity contribution in [2.45, 2.75) is 52.0 Å². The van der Waals surface area contributed by atoms with Gasteiger partial charge in [-0.05, 0) is 40.1 Å². The summed E-state index contributed by atoms with van der Waals surface area (Å²) < 4.78 is 47.5. The third-order valence-electron chi connectivity index (χ3n) is 3.44. The number of rotatable bonds is 4. The number of hydrogen-bond donors (Lipinski definition) is 1. The molecule has 20 heavy (non-hydrogen) atoms. The van der Waals surface area contributed by atoms with E-state index in [1.807, 2.05) is 33.1 Å². The van der Waals surface area contributed by atoms with Gasteiger partial charge in [0.25, 0.3) is 0 Å². The third-order valence-corrected chi connectivity index (χ3v) is 3.44. The normalized spacial score (nSPS) is 22.6. The molecule has 0 aromatic rings. The van der Waals surface area contributed by atoms with Gasteiger partial charge in [0.05, 0.1) is 11.2 Å². The Morgan fingerprint density at radius 3 is 2.10 bits per heavy atom. The summed E-state index contributed by atoms with van der Waals surface area (Å²) in [6.45, 7) is 8.18. The first-order valence-electron chi connectivity index (χ1n) is 6.33. The van der Waals surface area contributed by atoms with Crippen molar-refractivity contribution in [1.82, 2.24) is 5.43 Å². The van der Waals surface area contributed by atoms with E-state index in [0.717, 1.165) is 0 Å². The average molecular weight is 292 g/mol. The molecular formula is C12H20BF3N2O2.